The molecule has 3 aliphatic carbocycles. The SMILES string of the molecule is O=C(O)C(F)(F)OC1CC2CC3CCC1C(C(=O)OCC(F)(F)F)(C3)C2. The maximum atomic E-state index is 13.6. The number of rotatable bonds is 5. The highest BCUT2D eigenvalue weighted by Crippen LogP contribution is 2.61. The highest BCUT2D eigenvalue weighted by molar-refractivity contribution is 5.78. The topological polar surface area (TPSA) is 72.8 Å². The molecule has 5 atom stereocenters. The Hall–Kier alpha value is -1.45. The molecular weight excluding hydrogens is 367 g/mol. The lowest BCUT2D eigenvalue weighted by Gasteiger charge is -2.57. The zero-order chi connectivity index (χ0) is 19.3. The Balaban J connectivity index is 1.84. The van der Waals surface area contributed by atoms with Crippen LogP contribution >= 0.6 is 0 Å². The van der Waals surface area contributed by atoms with Crippen molar-refractivity contribution in [2.45, 2.75) is 56.9 Å². The van der Waals surface area contributed by atoms with Gasteiger partial charge in [0.15, 0.2) is 6.61 Å². The molecule has 5 nitrogen and oxygen atoms in total. The summed E-state index contributed by atoms with van der Waals surface area (Å²) in [4.78, 5) is 23.2. The summed E-state index contributed by atoms with van der Waals surface area (Å²) in [7, 11) is 0. The fourth-order valence-corrected chi connectivity index (χ4v) is 5.16. The van der Waals surface area contributed by atoms with Gasteiger partial charge in [-0.3, -0.25) is 4.79 Å². The van der Waals surface area contributed by atoms with Crippen LogP contribution in [0.4, 0.5) is 22.0 Å². The molecule has 0 aromatic heterocycles. The van der Waals surface area contributed by atoms with Crippen molar-refractivity contribution >= 4 is 11.9 Å². The summed E-state index contributed by atoms with van der Waals surface area (Å²) in [5, 5.41) is 8.60. The Morgan fingerprint density at radius 1 is 1.04 bits per heavy atom. The highest BCUT2D eigenvalue weighted by Gasteiger charge is 2.62. The number of carbonyl (C=O) groups is 2. The lowest BCUT2D eigenvalue weighted by atomic mass is 9.48. The molecule has 0 radical (unpaired) electrons. The van der Waals surface area contributed by atoms with Gasteiger partial charge in [-0.2, -0.15) is 22.0 Å². The molecule has 0 amide bonds. The summed E-state index contributed by atoms with van der Waals surface area (Å²) in [6, 6.07) is 0. The Morgan fingerprint density at radius 2 is 1.69 bits per heavy atom. The van der Waals surface area contributed by atoms with Gasteiger partial charge in [0.05, 0.1) is 11.5 Å². The second-order valence-electron chi connectivity index (χ2n) is 7.62. The first-order valence-corrected chi connectivity index (χ1v) is 8.46. The minimum absolute atomic E-state index is 0.129. The maximum Gasteiger partial charge on any atom is 0.456 e. The first-order valence-electron chi connectivity index (χ1n) is 8.46. The van der Waals surface area contributed by atoms with E-state index in [0.717, 1.165) is 0 Å². The minimum Gasteiger partial charge on any atom is -0.475 e. The molecule has 0 aromatic rings. The summed E-state index contributed by atoms with van der Waals surface area (Å²) in [5.74, 6) is -4.30. The quantitative estimate of drug-likeness (QED) is 0.579. The second kappa shape index (κ2) is 6.31. The Bertz CT molecular complexity index is 588. The van der Waals surface area contributed by atoms with Crippen LogP contribution in [0.25, 0.3) is 0 Å². The van der Waals surface area contributed by atoms with Crippen molar-refractivity contribution in [3.8, 4) is 0 Å². The van der Waals surface area contributed by atoms with Crippen molar-refractivity contribution in [1.82, 2.24) is 0 Å². The molecule has 148 valence electrons. The second-order valence-corrected chi connectivity index (χ2v) is 7.62. The van der Waals surface area contributed by atoms with Crippen LogP contribution in [-0.2, 0) is 19.1 Å². The average molecular weight is 386 g/mol. The fraction of sp³-hybridized carbons (Fsp3) is 0.875. The van der Waals surface area contributed by atoms with Crippen molar-refractivity contribution < 1.29 is 46.1 Å². The number of ether oxygens (including phenoxy) is 2. The number of carboxylic acids is 1. The van der Waals surface area contributed by atoms with Crippen molar-refractivity contribution in [2.75, 3.05) is 6.61 Å². The smallest absolute Gasteiger partial charge is 0.456 e. The van der Waals surface area contributed by atoms with Crippen LogP contribution in [0.5, 0.6) is 0 Å². The number of fused-ring (bicyclic) bond motifs is 2. The van der Waals surface area contributed by atoms with Gasteiger partial charge in [0, 0.05) is 5.92 Å². The van der Waals surface area contributed by atoms with Gasteiger partial charge in [0.1, 0.15) is 0 Å². The van der Waals surface area contributed by atoms with Crippen LogP contribution in [0.2, 0.25) is 0 Å². The molecular formula is C16H19F5O5. The average Bonchev–Trinajstić information content (AvgIpc) is 2.49. The third kappa shape index (κ3) is 3.52. The molecule has 3 bridgehead atoms. The monoisotopic (exact) mass is 386 g/mol. The molecule has 0 aromatic carbocycles. The number of hydrogen-bond acceptors (Lipinski definition) is 4. The first kappa shape index (κ1) is 19.3. The van der Waals surface area contributed by atoms with Crippen LogP contribution in [0, 0.1) is 23.2 Å². The third-order valence-corrected chi connectivity index (χ3v) is 5.90. The zero-order valence-corrected chi connectivity index (χ0v) is 13.7. The number of carbonyl (C=O) groups excluding carboxylic acids is 1. The largest absolute Gasteiger partial charge is 0.475 e. The molecule has 0 spiro atoms. The van der Waals surface area contributed by atoms with Gasteiger partial charge in [0.2, 0.25) is 0 Å². The van der Waals surface area contributed by atoms with Gasteiger partial charge < -0.3 is 14.6 Å². The first-order chi connectivity index (χ1) is 11.9. The lowest BCUT2D eigenvalue weighted by Crippen LogP contribution is -2.58. The van der Waals surface area contributed by atoms with Gasteiger partial charge in [0.25, 0.3) is 0 Å². The van der Waals surface area contributed by atoms with Gasteiger partial charge >= 0.3 is 24.2 Å². The maximum absolute atomic E-state index is 13.6. The third-order valence-electron chi connectivity index (χ3n) is 5.90. The summed E-state index contributed by atoms with van der Waals surface area (Å²) < 4.78 is 73.4. The molecule has 0 saturated heterocycles. The normalized spacial score (nSPS) is 36.7. The number of aliphatic carboxylic acids is 1. The van der Waals surface area contributed by atoms with Gasteiger partial charge in [-0.25, -0.2) is 4.79 Å². The number of esters is 1. The predicted octanol–water partition coefficient (Wildman–Crippen LogP) is 3.37. The van der Waals surface area contributed by atoms with Crippen molar-refractivity contribution in [3.63, 3.8) is 0 Å². The number of carboxylic acid groups (broad SMARTS) is 1. The van der Waals surface area contributed by atoms with E-state index in [1.54, 1.807) is 0 Å². The molecule has 10 heteroatoms. The molecule has 0 aliphatic heterocycles. The van der Waals surface area contributed by atoms with Gasteiger partial charge in [-0.1, -0.05) is 6.42 Å². The van der Waals surface area contributed by atoms with E-state index < -0.39 is 48.3 Å². The Morgan fingerprint density at radius 3 is 2.31 bits per heavy atom. The molecule has 3 rings (SSSR count). The van der Waals surface area contributed by atoms with Gasteiger partial charge in [-0.05, 0) is 43.9 Å². The van der Waals surface area contributed by atoms with Crippen LogP contribution in [0.1, 0.15) is 38.5 Å². The Labute approximate surface area is 145 Å². The van der Waals surface area contributed by atoms with E-state index in [1.165, 1.54) is 0 Å². The summed E-state index contributed by atoms with van der Waals surface area (Å²) in [6.45, 7) is -1.73. The highest BCUT2D eigenvalue weighted by atomic mass is 19.4. The molecule has 0 heterocycles. The summed E-state index contributed by atoms with van der Waals surface area (Å²) >= 11 is 0. The van der Waals surface area contributed by atoms with E-state index in [-0.39, 0.29) is 31.1 Å². The Kier molecular flexibility index (Phi) is 4.69. The summed E-state index contributed by atoms with van der Waals surface area (Å²) in [6.07, 6.45) is -7.97. The number of alkyl halides is 5. The van der Waals surface area contributed by atoms with E-state index in [9.17, 15) is 31.5 Å². The van der Waals surface area contributed by atoms with Crippen LogP contribution in [-0.4, -0.2) is 42.0 Å². The van der Waals surface area contributed by atoms with E-state index in [4.69, 9.17) is 5.11 Å². The van der Waals surface area contributed by atoms with Crippen LogP contribution in [0.15, 0.2) is 0 Å². The van der Waals surface area contributed by atoms with Crippen LogP contribution in [0.3, 0.4) is 0 Å². The number of halogens is 5. The minimum atomic E-state index is -4.68. The molecule has 5 unspecified atom stereocenters. The standard InChI is InChI=1S/C16H19F5O5/c17-15(18,19)7-25-13(24)14-5-8-1-2-10(14)11(4-9(3-8)6-14)26-16(20,21)12(22)23/h8-11H,1-7H2,(H,22,23). The number of hydrogen-bond donors (Lipinski definition) is 1. The van der Waals surface area contributed by atoms with E-state index in [0.29, 0.717) is 19.3 Å². The lowest BCUT2D eigenvalue weighted by molar-refractivity contribution is -0.290. The predicted molar refractivity (Wildman–Crippen MR) is 75.1 cm³/mol. The van der Waals surface area contributed by atoms with Crippen molar-refractivity contribution in [2.24, 2.45) is 23.2 Å². The molecule has 3 aliphatic rings. The molecule has 1 N–H and O–H groups in total. The molecule has 26 heavy (non-hydrogen) atoms. The van der Waals surface area contributed by atoms with Crippen molar-refractivity contribution in [3.05, 3.63) is 0 Å². The van der Waals surface area contributed by atoms with Crippen molar-refractivity contribution in [1.29, 1.82) is 0 Å². The fourth-order valence-electron chi connectivity index (χ4n) is 5.16. The zero-order valence-electron chi connectivity index (χ0n) is 13.7. The van der Waals surface area contributed by atoms with Crippen LogP contribution < -0.4 is 0 Å². The van der Waals surface area contributed by atoms with Gasteiger partial charge in [-0.15, -0.1) is 0 Å². The van der Waals surface area contributed by atoms with E-state index in [1.807, 2.05) is 0 Å². The molecule has 3 saturated carbocycles. The van der Waals surface area contributed by atoms with E-state index >= 15 is 0 Å². The summed E-state index contributed by atoms with van der Waals surface area (Å²) in [5.41, 5.74) is -1.31. The van der Waals surface area contributed by atoms with E-state index in [2.05, 4.69) is 9.47 Å². The molecule has 3 fully saturated rings.